The lowest BCUT2D eigenvalue weighted by molar-refractivity contribution is 0.0951. The molecule has 1 fully saturated rings. The predicted octanol–water partition coefficient (Wildman–Crippen LogP) is 6.71. The second kappa shape index (κ2) is 10.2. The second-order valence-corrected chi connectivity index (χ2v) is 8.81. The zero-order valence-electron chi connectivity index (χ0n) is 18.3. The van der Waals surface area contributed by atoms with Gasteiger partial charge in [0.05, 0.1) is 16.0 Å². The number of amides is 1. The van der Waals surface area contributed by atoms with Gasteiger partial charge in [0.25, 0.3) is 11.5 Å². The molecule has 0 spiro atoms. The number of carbonyl (C=O) groups excluding carboxylic acids is 1. The highest BCUT2D eigenvalue weighted by molar-refractivity contribution is 6.36. The SMILES string of the molecule is C1CC1.Cc1c(C(=O)NCc2ccc(Cl)cc2)c2cccc(Cl)c2c(=O)n1-c1ccccc1. The van der Waals surface area contributed by atoms with Crippen LogP contribution in [0.2, 0.25) is 10.0 Å². The Morgan fingerprint density at radius 1 is 0.909 bits per heavy atom. The van der Waals surface area contributed by atoms with Gasteiger partial charge < -0.3 is 5.32 Å². The molecule has 1 aliphatic rings. The first-order valence-corrected chi connectivity index (χ1v) is 11.6. The van der Waals surface area contributed by atoms with E-state index >= 15 is 0 Å². The van der Waals surface area contributed by atoms with Crippen molar-refractivity contribution < 1.29 is 4.79 Å². The van der Waals surface area contributed by atoms with Crippen LogP contribution in [-0.4, -0.2) is 10.5 Å². The molecule has 4 nitrogen and oxygen atoms in total. The maximum absolute atomic E-state index is 13.3. The van der Waals surface area contributed by atoms with Crippen LogP contribution in [0.15, 0.2) is 77.6 Å². The summed E-state index contributed by atoms with van der Waals surface area (Å²) in [5.74, 6) is -0.278. The maximum Gasteiger partial charge on any atom is 0.264 e. The largest absolute Gasteiger partial charge is 0.348 e. The molecule has 0 saturated heterocycles. The van der Waals surface area contributed by atoms with Crippen LogP contribution in [0, 0.1) is 6.92 Å². The zero-order valence-corrected chi connectivity index (χ0v) is 19.8. The molecule has 1 aromatic heterocycles. The molecule has 0 aliphatic heterocycles. The van der Waals surface area contributed by atoms with Crippen molar-refractivity contribution in [3.63, 3.8) is 0 Å². The average Bonchev–Trinajstić information content (AvgIpc) is 3.69. The fraction of sp³-hybridized carbons (Fsp3) is 0.185. The van der Waals surface area contributed by atoms with Crippen LogP contribution in [-0.2, 0) is 6.54 Å². The van der Waals surface area contributed by atoms with E-state index in [9.17, 15) is 9.59 Å². The van der Waals surface area contributed by atoms with Gasteiger partial charge in [0.15, 0.2) is 0 Å². The third-order valence-electron chi connectivity index (χ3n) is 5.36. The number of nitrogens with one attached hydrogen (secondary N) is 1. The number of hydrogen-bond acceptors (Lipinski definition) is 2. The van der Waals surface area contributed by atoms with Gasteiger partial charge >= 0.3 is 0 Å². The van der Waals surface area contributed by atoms with Gasteiger partial charge in [-0.1, -0.05) is 84.9 Å². The highest BCUT2D eigenvalue weighted by Crippen LogP contribution is 2.27. The quantitative estimate of drug-likeness (QED) is 0.354. The first-order chi connectivity index (χ1) is 16.0. The van der Waals surface area contributed by atoms with Crippen molar-refractivity contribution in [2.75, 3.05) is 0 Å². The molecular formula is C27H24Cl2N2O2. The van der Waals surface area contributed by atoms with E-state index in [0.717, 1.165) is 5.56 Å². The second-order valence-electron chi connectivity index (χ2n) is 7.97. The fourth-order valence-electron chi connectivity index (χ4n) is 3.57. The van der Waals surface area contributed by atoms with E-state index in [-0.39, 0.29) is 11.5 Å². The summed E-state index contributed by atoms with van der Waals surface area (Å²) in [4.78, 5) is 26.5. The molecule has 0 radical (unpaired) electrons. The number of halogens is 2. The molecule has 5 rings (SSSR count). The van der Waals surface area contributed by atoms with Gasteiger partial charge in [0, 0.05) is 28.3 Å². The number of carbonyl (C=O) groups is 1. The Bertz CT molecular complexity index is 1340. The Hall–Kier alpha value is -3.08. The van der Waals surface area contributed by atoms with Gasteiger partial charge in [0.2, 0.25) is 0 Å². The minimum Gasteiger partial charge on any atom is -0.348 e. The molecule has 1 saturated carbocycles. The van der Waals surface area contributed by atoms with E-state index in [4.69, 9.17) is 23.2 Å². The normalized spacial score (nSPS) is 12.1. The summed E-state index contributed by atoms with van der Waals surface area (Å²) < 4.78 is 1.53. The number of pyridine rings is 1. The molecular weight excluding hydrogens is 455 g/mol. The van der Waals surface area contributed by atoms with Crippen LogP contribution in [0.3, 0.4) is 0 Å². The van der Waals surface area contributed by atoms with Crippen LogP contribution in [0.4, 0.5) is 0 Å². The zero-order chi connectivity index (χ0) is 23.4. The Morgan fingerprint density at radius 3 is 2.21 bits per heavy atom. The van der Waals surface area contributed by atoms with E-state index in [2.05, 4.69) is 5.32 Å². The monoisotopic (exact) mass is 478 g/mol. The molecule has 0 bridgehead atoms. The predicted molar refractivity (Wildman–Crippen MR) is 136 cm³/mol. The van der Waals surface area contributed by atoms with Crippen LogP contribution in [0.5, 0.6) is 0 Å². The van der Waals surface area contributed by atoms with Crippen LogP contribution < -0.4 is 10.9 Å². The Morgan fingerprint density at radius 2 is 1.58 bits per heavy atom. The molecule has 1 aliphatic carbocycles. The number of benzene rings is 3. The standard InChI is InChI=1S/C24H18Cl2N2O2.C3H6/c1-15-21(23(29)27-14-16-10-12-17(25)13-11-16)19-8-5-9-20(26)22(19)24(30)28(15)18-6-3-2-4-7-18;1-2-3-1/h2-13H,14H2,1H3,(H,27,29);1-3H2. The van der Waals surface area contributed by atoms with Gasteiger partial charge in [-0.15, -0.1) is 0 Å². The van der Waals surface area contributed by atoms with E-state index in [1.165, 1.54) is 23.8 Å². The van der Waals surface area contributed by atoms with Gasteiger partial charge in [-0.3, -0.25) is 14.2 Å². The summed E-state index contributed by atoms with van der Waals surface area (Å²) in [5, 5.41) is 4.75. The molecule has 1 heterocycles. The molecule has 33 heavy (non-hydrogen) atoms. The third kappa shape index (κ3) is 5.29. The molecule has 4 aromatic rings. The molecule has 6 heteroatoms. The number of aromatic nitrogens is 1. The minimum atomic E-state index is -0.278. The average molecular weight is 479 g/mol. The number of rotatable bonds is 4. The summed E-state index contributed by atoms with van der Waals surface area (Å²) in [6, 6.07) is 21.6. The molecule has 0 unspecified atom stereocenters. The topological polar surface area (TPSA) is 51.1 Å². The molecule has 1 amide bonds. The smallest absolute Gasteiger partial charge is 0.264 e. The van der Waals surface area contributed by atoms with E-state index in [1.54, 1.807) is 37.3 Å². The van der Waals surface area contributed by atoms with Crippen molar-refractivity contribution in [2.45, 2.75) is 32.7 Å². The number of nitrogens with zero attached hydrogens (tertiary/aromatic N) is 1. The lowest BCUT2D eigenvalue weighted by Crippen LogP contribution is -2.29. The number of hydrogen-bond donors (Lipinski definition) is 1. The number of para-hydroxylation sites is 1. The van der Waals surface area contributed by atoms with Crippen molar-refractivity contribution in [1.82, 2.24) is 9.88 Å². The summed E-state index contributed by atoms with van der Waals surface area (Å²) in [5.41, 5.74) is 2.31. The minimum absolute atomic E-state index is 0.256. The van der Waals surface area contributed by atoms with Crippen molar-refractivity contribution in [3.05, 3.63) is 110 Å². The van der Waals surface area contributed by atoms with Crippen molar-refractivity contribution in [2.24, 2.45) is 0 Å². The highest BCUT2D eigenvalue weighted by Gasteiger charge is 2.21. The Balaban J connectivity index is 0.000000799. The molecule has 3 aromatic carbocycles. The van der Waals surface area contributed by atoms with Gasteiger partial charge in [-0.2, -0.15) is 0 Å². The van der Waals surface area contributed by atoms with Gasteiger partial charge in [0.1, 0.15) is 0 Å². The van der Waals surface area contributed by atoms with Crippen molar-refractivity contribution in [3.8, 4) is 5.69 Å². The van der Waals surface area contributed by atoms with E-state index < -0.39 is 0 Å². The van der Waals surface area contributed by atoms with Gasteiger partial charge in [-0.05, 0) is 42.8 Å². The fourth-order valence-corrected chi connectivity index (χ4v) is 3.95. The molecule has 1 N–H and O–H groups in total. The Kier molecular flexibility index (Phi) is 7.17. The lowest BCUT2D eigenvalue weighted by Gasteiger charge is -2.18. The molecule has 0 atom stereocenters. The maximum atomic E-state index is 13.3. The Labute approximate surface area is 202 Å². The van der Waals surface area contributed by atoms with E-state index in [0.29, 0.717) is 44.3 Å². The third-order valence-corrected chi connectivity index (χ3v) is 5.93. The molecule has 168 valence electrons. The highest BCUT2D eigenvalue weighted by atomic mass is 35.5. The van der Waals surface area contributed by atoms with Crippen LogP contribution in [0.25, 0.3) is 16.5 Å². The first kappa shape index (κ1) is 23.1. The van der Waals surface area contributed by atoms with Crippen LogP contribution >= 0.6 is 23.2 Å². The summed E-state index contributed by atoms with van der Waals surface area (Å²) in [7, 11) is 0. The number of fused-ring (bicyclic) bond motifs is 1. The van der Waals surface area contributed by atoms with Gasteiger partial charge in [-0.25, -0.2) is 0 Å². The van der Waals surface area contributed by atoms with E-state index in [1.807, 2.05) is 42.5 Å². The summed E-state index contributed by atoms with van der Waals surface area (Å²) in [6.45, 7) is 2.11. The first-order valence-electron chi connectivity index (χ1n) is 10.9. The lowest BCUT2D eigenvalue weighted by atomic mass is 10.0. The van der Waals surface area contributed by atoms with Crippen LogP contribution in [0.1, 0.15) is 40.9 Å². The summed E-state index contributed by atoms with van der Waals surface area (Å²) >= 11 is 12.3. The van der Waals surface area contributed by atoms with Crippen molar-refractivity contribution >= 4 is 39.9 Å². The van der Waals surface area contributed by atoms with Crippen molar-refractivity contribution in [1.29, 1.82) is 0 Å². The summed E-state index contributed by atoms with van der Waals surface area (Å²) in [6.07, 6.45) is 4.50.